The highest BCUT2D eigenvalue weighted by Gasteiger charge is 2.17. The lowest BCUT2D eigenvalue weighted by molar-refractivity contribution is -0.145. The van der Waals surface area contributed by atoms with E-state index in [1.54, 1.807) is 0 Å². The number of ether oxygens (including phenoxy) is 1. The van der Waals surface area contributed by atoms with E-state index in [-0.39, 0.29) is 17.9 Å². The summed E-state index contributed by atoms with van der Waals surface area (Å²) in [6.07, 6.45) is 1.39. The molecule has 0 aliphatic carbocycles. The summed E-state index contributed by atoms with van der Waals surface area (Å²) in [5, 5.41) is 0. The van der Waals surface area contributed by atoms with E-state index in [9.17, 15) is 4.79 Å². The largest absolute Gasteiger partial charge is 0.469 e. The normalized spacial score (nSPS) is 13.4. The van der Waals surface area contributed by atoms with Crippen LogP contribution in [-0.4, -0.2) is 19.1 Å². The van der Waals surface area contributed by atoms with Crippen molar-refractivity contribution in [1.82, 2.24) is 0 Å². The first-order chi connectivity index (χ1) is 10.6. The van der Waals surface area contributed by atoms with E-state index in [1.807, 2.05) is 25.1 Å². The minimum absolute atomic E-state index is 0.0447. The van der Waals surface area contributed by atoms with Gasteiger partial charge < -0.3 is 10.5 Å². The number of carbonyl (C=O) groups is 1. The van der Waals surface area contributed by atoms with Gasteiger partial charge in [0, 0.05) is 6.04 Å². The minimum Gasteiger partial charge on any atom is -0.469 e. The smallest absolute Gasteiger partial charge is 0.308 e. The van der Waals surface area contributed by atoms with Crippen molar-refractivity contribution in [1.29, 1.82) is 0 Å². The number of methoxy groups -OCH3 is 1. The third kappa shape index (κ3) is 4.43. The number of benzene rings is 2. The first kappa shape index (κ1) is 16.2. The number of hydrogen-bond acceptors (Lipinski definition) is 3. The van der Waals surface area contributed by atoms with Crippen LogP contribution in [0, 0.1) is 5.92 Å². The van der Waals surface area contributed by atoms with Gasteiger partial charge in [0.25, 0.3) is 0 Å². The fraction of sp³-hybridized carbons (Fsp3) is 0.316. The van der Waals surface area contributed by atoms with E-state index in [2.05, 4.69) is 36.4 Å². The molecule has 0 saturated carbocycles. The maximum absolute atomic E-state index is 11.4. The molecule has 22 heavy (non-hydrogen) atoms. The Morgan fingerprint density at radius 2 is 1.64 bits per heavy atom. The standard InChI is InChI=1S/C19H23NO2/c1-14(19(21)22-2)12-18(20)13-15-8-10-17(11-9-15)16-6-4-3-5-7-16/h3-11,14,18H,12-13,20H2,1-2H3/t14-,18+/m0/s1. The zero-order valence-corrected chi connectivity index (χ0v) is 13.2. The van der Waals surface area contributed by atoms with Gasteiger partial charge >= 0.3 is 5.97 Å². The number of rotatable bonds is 6. The lowest BCUT2D eigenvalue weighted by Crippen LogP contribution is -2.28. The Bertz CT molecular complexity index is 593. The maximum Gasteiger partial charge on any atom is 0.308 e. The van der Waals surface area contributed by atoms with E-state index in [0.717, 1.165) is 6.42 Å². The topological polar surface area (TPSA) is 52.3 Å². The Labute approximate surface area is 132 Å². The molecule has 0 aliphatic heterocycles. The Morgan fingerprint density at radius 1 is 1.05 bits per heavy atom. The van der Waals surface area contributed by atoms with E-state index in [0.29, 0.717) is 6.42 Å². The van der Waals surface area contributed by atoms with E-state index in [4.69, 9.17) is 10.5 Å². The maximum atomic E-state index is 11.4. The van der Waals surface area contributed by atoms with E-state index >= 15 is 0 Å². The zero-order valence-electron chi connectivity index (χ0n) is 13.2. The highest BCUT2D eigenvalue weighted by Crippen LogP contribution is 2.20. The van der Waals surface area contributed by atoms with Crippen LogP contribution in [0.25, 0.3) is 11.1 Å². The molecular formula is C19H23NO2. The molecule has 0 aliphatic rings. The van der Waals surface area contributed by atoms with Crippen LogP contribution in [0.2, 0.25) is 0 Å². The molecule has 2 rings (SSSR count). The average molecular weight is 297 g/mol. The van der Waals surface area contributed by atoms with Crippen LogP contribution in [0.3, 0.4) is 0 Å². The summed E-state index contributed by atoms with van der Waals surface area (Å²) >= 11 is 0. The first-order valence-corrected chi connectivity index (χ1v) is 7.58. The van der Waals surface area contributed by atoms with Crippen LogP contribution >= 0.6 is 0 Å². The molecule has 2 atom stereocenters. The molecule has 2 aromatic carbocycles. The zero-order chi connectivity index (χ0) is 15.9. The molecular weight excluding hydrogens is 274 g/mol. The summed E-state index contributed by atoms with van der Waals surface area (Å²) in [5.74, 6) is -0.363. The molecule has 0 heterocycles. The lowest BCUT2D eigenvalue weighted by atomic mass is 9.95. The van der Waals surface area contributed by atoms with Gasteiger partial charge in [0.1, 0.15) is 0 Å². The molecule has 3 nitrogen and oxygen atoms in total. The van der Waals surface area contributed by atoms with Crippen molar-refractivity contribution in [2.24, 2.45) is 11.7 Å². The van der Waals surface area contributed by atoms with Gasteiger partial charge in [-0.25, -0.2) is 0 Å². The fourth-order valence-electron chi connectivity index (χ4n) is 2.60. The molecule has 0 fully saturated rings. The molecule has 0 unspecified atom stereocenters. The van der Waals surface area contributed by atoms with E-state index in [1.165, 1.54) is 23.8 Å². The monoisotopic (exact) mass is 297 g/mol. The molecule has 3 heteroatoms. The SMILES string of the molecule is COC(=O)[C@@H](C)C[C@@H](N)Cc1ccc(-c2ccccc2)cc1. The first-order valence-electron chi connectivity index (χ1n) is 7.58. The second kappa shape index (κ2) is 7.76. The van der Waals surface area contributed by atoms with Crippen LogP contribution in [0.1, 0.15) is 18.9 Å². The van der Waals surface area contributed by atoms with Crippen LogP contribution in [0.5, 0.6) is 0 Å². The minimum atomic E-state index is -0.199. The summed E-state index contributed by atoms with van der Waals surface area (Å²) in [7, 11) is 1.41. The second-order valence-electron chi connectivity index (χ2n) is 5.69. The van der Waals surface area contributed by atoms with Crippen molar-refractivity contribution in [3.63, 3.8) is 0 Å². The number of hydrogen-bond donors (Lipinski definition) is 1. The van der Waals surface area contributed by atoms with Crippen molar-refractivity contribution in [3.8, 4) is 11.1 Å². The highest BCUT2D eigenvalue weighted by molar-refractivity contribution is 5.71. The van der Waals surface area contributed by atoms with Gasteiger partial charge in [-0.05, 0) is 29.5 Å². The van der Waals surface area contributed by atoms with Crippen LogP contribution < -0.4 is 5.73 Å². The Kier molecular flexibility index (Phi) is 5.73. The van der Waals surface area contributed by atoms with Crippen molar-refractivity contribution in [2.75, 3.05) is 7.11 Å². The summed E-state index contributed by atoms with van der Waals surface area (Å²) in [4.78, 5) is 11.4. The van der Waals surface area contributed by atoms with Crippen molar-refractivity contribution in [2.45, 2.75) is 25.8 Å². The Hall–Kier alpha value is -2.13. The summed E-state index contributed by atoms with van der Waals surface area (Å²) < 4.78 is 4.73. The fourth-order valence-corrected chi connectivity index (χ4v) is 2.60. The van der Waals surface area contributed by atoms with Crippen LogP contribution in [0.4, 0.5) is 0 Å². The Morgan fingerprint density at radius 3 is 2.23 bits per heavy atom. The summed E-state index contributed by atoms with van der Waals surface area (Å²) in [6.45, 7) is 1.85. The van der Waals surface area contributed by atoms with Gasteiger partial charge in [-0.15, -0.1) is 0 Å². The average Bonchev–Trinajstić information content (AvgIpc) is 2.55. The van der Waals surface area contributed by atoms with Gasteiger partial charge in [0.05, 0.1) is 13.0 Å². The lowest BCUT2D eigenvalue weighted by Gasteiger charge is -2.16. The molecule has 2 N–H and O–H groups in total. The van der Waals surface area contributed by atoms with Gasteiger partial charge in [0.2, 0.25) is 0 Å². The second-order valence-corrected chi connectivity index (χ2v) is 5.69. The third-order valence-electron chi connectivity index (χ3n) is 3.82. The van der Waals surface area contributed by atoms with Crippen molar-refractivity contribution >= 4 is 5.97 Å². The molecule has 0 spiro atoms. The molecule has 0 radical (unpaired) electrons. The number of carbonyl (C=O) groups excluding carboxylic acids is 1. The van der Waals surface area contributed by atoms with Gasteiger partial charge in [-0.2, -0.15) is 0 Å². The molecule has 116 valence electrons. The predicted octanol–water partition coefficient (Wildman–Crippen LogP) is 3.42. The number of esters is 1. The molecule has 0 amide bonds. The van der Waals surface area contributed by atoms with Crippen molar-refractivity contribution in [3.05, 3.63) is 60.2 Å². The number of nitrogens with two attached hydrogens (primary N) is 1. The van der Waals surface area contributed by atoms with Crippen LogP contribution in [-0.2, 0) is 16.0 Å². The molecule has 0 aromatic heterocycles. The Balaban J connectivity index is 1.95. The molecule has 0 bridgehead atoms. The quantitative estimate of drug-likeness (QED) is 0.831. The van der Waals surface area contributed by atoms with E-state index < -0.39 is 0 Å². The van der Waals surface area contributed by atoms with Gasteiger partial charge in [0.15, 0.2) is 0 Å². The van der Waals surface area contributed by atoms with Gasteiger partial charge in [-0.3, -0.25) is 4.79 Å². The molecule has 2 aromatic rings. The predicted molar refractivity (Wildman–Crippen MR) is 89.4 cm³/mol. The summed E-state index contributed by atoms with van der Waals surface area (Å²) in [5.41, 5.74) is 9.73. The summed E-state index contributed by atoms with van der Waals surface area (Å²) in [6, 6.07) is 18.7. The van der Waals surface area contributed by atoms with Crippen LogP contribution in [0.15, 0.2) is 54.6 Å². The third-order valence-corrected chi connectivity index (χ3v) is 3.82. The molecule has 0 saturated heterocycles. The van der Waals surface area contributed by atoms with Crippen molar-refractivity contribution < 1.29 is 9.53 Å². The van der Waals surface area contributed by atoms with Gasteiger partial charge in [-0.1, -0.05) is 61.5 Å². The highest BCUT2D eigenvalue weighted by atomic mass is 16.5.